The van der Waals surface area contributed by atoms with Gasteiger partial charge in [0.2, 0.25) is 5.91 Å². The van der Waals surface area contributed by atoms with Crippen LogP contribution in [0.1, 0.15) is 19.3 Å². The summed E-state index contributed by atoms with van der Waals surface area (Å²) in [5, 5.41) is 3.32. The molecule has 0 aliphatic carbocycles. The molecule has 0 atom stereocenters. The zero-order valence-corrected chi connectivity index (χ0v) is 10.7. The number of piperazine rings is 1. The van der Waals surface area contributed by atoms with E-state index in [9.17, 15) is 4.79 Å². The first-order chi connectivity index (χ1) is 8.24. The van der Waals surface area contributed by atoms with Crippen LogP contribution in [0, 0.1) is 12.3 Å². The third-order valence-electron chi connectivity index (χ3n) is 3.10. The van der Waals surface area contributed by atoms with Gasteiger partial charge in [-0.2, -0.15) is 0 Å². The SMILES string of the molecule is C#CCCCC(=O)N(C)CCN1CCNCC1. The normalized spacial score (nSPS) is 16.5. The van der Waals surface area contributed by atoms with Crippen LogP contribution in [0.15, 0.2) is 0 Å². The fourth-order valence-corrected chi connectivity index (χ4v) is 1.88. The second kappa shape index (κ2) is 8.10. The van der Waals surface area contributed by atoms with E-state index in [4.69, 9.17) is 6.42 Å². The quantitative estimate of drug-likeness (QED) is 0.528. The highest BCUT2D eigenvalue weighted by Gasteiger charge is 2.12. The number of nitrogens with zero attached hydrogens (tertiary/aromatic N) is 2. The van der Waals surface area contributed by atoms with Crippen molar-refractivity contribution in [2.45, 2.75) is 19.3 Å². The van der Waals surface area contributed by atoms with Crippen molar-refractivity contribution >= 4 is 5.91 Å². The van der Waals surface area contributed by atoms with Gasteiger partial charge in [0.05, 0.1) is 0 Å². The number of carbonyl (C=O) groups is 1. The predicted molar refractivity (Wildman–Crippen MR) is 69.6 cm³/mol. The first-order valence-corrected chi connectivity index (χ1v) is 6.34. The number of amides is 1. The standard InChI is InChI=1S/C13H23N3O/c1-3-4-5-6-13(17)15(2)11-12-16-9-7-14-8-10-16/h1,14H,4-12H2,2H3. The van der Waals surface area contributed by atoms with Gasteiger partial charge in [-0.25, -0.2) is 0 Å². The van der Waals surface area contributed by atoms with Crippen molar-refractivity contribution in [2.75, 3.05) is 46.3 Å². The van der Waals surface area contributed by atoms with E-state index in [1.807, 2.05) is 11.9 Å². The molecule has 0 aromatic rings. The molecule has 1 rings (SSSR count). The highest BCUT2D eigenvalue weighted by Crippen LogP contribution is 1.99. The van der Waals surface area contributed by atoms with Crippen molar-refractivity contribution in [1.29, 1.82) is 0 Å². The molecule has 1 amide bonds. The van der Waals surface area contributed by atoms with Crippen LogP contribution in [-0.2, 0) is 4.79 Å². The lowest BCUT2D eigenvalue weighted by Crippen LogP contribution is -2.46. The zero-order chi connectivity index (χ0) is 12.5. The van der Waals surface area contributed by atoms with Crippen molar-refractivity contribution in [3.05, 3.63) is 0 Å². The van der Waals surface area contributed by atoms with Crippen molar-refractivity contribution in [2.24, 2.45) is 0 Å². The van der Waals surface area contributed by atoms with Crippen LogP contribution < -0.4 is 5.32 Å². The molecule has 0 radical (unpaired) electrons. The molecule has 0 unspecified atom stereocenters. The Hall–Kier alpha value is -1.05. The molecular weight excluding hydrogens is 214 g/mol. The number of hydrogen-bond acceptors (Lipinski definition) is 3. The largest absolute Gasteiger partial charge is 0.344 e. The zero-order valence-electron chi connectivity index (χ0n) is 10.7. The lowest BCUT2D eigenvalue weighted by molar-refractivity contribution is -0.130. The Bertz CT molecular complexity index is 266. The van der Waals surface area contributed by atoms with Crippen molar-refractivity contribution < 1.29 is 4.79 Å². The number of likely N-dealkylation sites (N-methyl/N-ethyl adjacent to an activating group) is 1. The van der Waals surface area contributed by atoms with Gasteiger partial charge in [-0.15, -0.1) is 12.3 Å². The average Bonchev–Trinajstić information content (AvgIpc) is 2.37. The van der Waals surface area contributed by atoms with Crippen LogP contribution in [0.5, 0.6) is 0 Å². The van der Waals surface area contributed by atoms with Gasteiger partial charge in [-0.1, -0.05) is 0 Å². The molecule has 1 heterocycles. The molecular formula is C13H23N3O. The molecule has 0 bridgehead atoms. The minimum atomic E-state index is 0.204. The fourth-order valence-electron chi connectivity index (χ4n) is 1.88. The first kappa shape index (κ1) is 14.0. The van der Waals surface area contributed by atoms with Crippen molar-refractivity contribution in [1.82, 2.24) is 15.1 Å². The summed E-state index contributed by atoms with van der Waals surface area (Å²) in [6, 6.07) is 0. The van der Waals surface area contributed by atoms with Gasteiger partial charge in [-0.3, -0.25) is 9.69 Å². The van der Waals surface area contributed by atoms with Crippen molar-refractivity contribution in [3.63, 3.8) is 0 Å². The molecule has 4 heteroatoms. The summed E-state index contributed by atoms with van der Waals surface area (Å²) in [6.45, 7) is 6.06. The first-order valence-electron chi connectivity index (χ1n) is 6.34. The van der Waals surface area contributed by atoms with Crippen LogP contribution in [0.25, 0.3) is 0 Å². The highest BCUT2D eigenvalue weighted by molar-refractivity contribution is 5.75. The van der Waals surface area contributed by atoms with Crippen LogP contribution >= 0.6 is 0 Å². The van der Waals surface area contributed by atoms with Gasteiger partial charge in [0.25, 0.3) is 0 Å². The molecule has 1 fully saturated rings. The van der Waals surface area contributed by atoms with E-state index in [0.717, 1.165) is 45.7 Å². The Morgan fingerprint density at radius 1 is 1.47 bits per heavy atom. The maximum Gasteiger partial charge on any atom is 0.222 e. The number of rotatable bonds is 6. The monoisotopic (exact) mass is 237 g/mol. The Morgan fingerprint density at radius 2 is 2.18 bits per heavy atom. The molecule has 1 saturated heterocycles. The molecule has 96 valence electrons. The van der Waals surface area contributed by atoms with Crippen molar-refractivity contribution in [3.8, 4) is 12.3 Å². The Kier molecular flexibility index (Phi) is 6.68. The third kappa shape index (κ3) is 5.71. The molecule has 4 nitrogen and oxygen atoms in total. The average molecular weight is 237 g/mol. The highest BCUT2D eigenvalue weighted by atomic mass is 16.2. The minimum absolute atomic E-state index is 0.204. The molecule has 1 aliphatic heterocycles. The second-order valence-electron chi connectivity index (χ2n) is 4.46. The van der Waals surface area contributed by atoms with E-state index >= 15 is 0 Å². The van der Waals surface area contributed by atoms with Crippen LogP contribution in [-0.4, -0.2) is 62.0 Å². The molecule has 1 N–H and O–H groups in total. The lowest BCUT2D eigenvalue weighted by atomic mass is 10.2. The van der Waals surface area contributed by atoms with Crippen LogP contribution in [0.4, 0.5) is 0 Å². The van der Waals surface area contributed by atoms with E-state index in [1.165, 1.54) is 0 Å². The smallest absolute Gasteiger partial charge is 0.222 e. The molecule has 0 aromatic carbocycles. The summed E-state index contributed by atoms with van der Waals surface area (Å²) >= 11 is 0. The molecule has 0 saturated carbocycles. The Balaban J connectivity index is 2.12. The van der Waals surface area contributed by atoms with E-state index in [0.29, 0.717) is 12.8 Å². The number of carbonyl (C=O) groups excluding carboxylic acids is 1. The topological polar surface area (TPSA) is 35.6 Å². The molecule has 17 heavy (non-hydrogen) atoms. The van der Waals surface area contributed by atoms with Gasteiger partial charge in [0, 0.05) is 59.2 Å². The maximum absolute atomic E-state index is 11.7. The van der Waals surface area contributed by atoms with E-state index in [-0.39, 0.29) is 5.91 Å². The molecule has 0 spiro atoms. The fraction of sp³-hybridized carbons (Fsp3) is 0.769. The van der Waals surface area contributed by atoms with Gasteiger partial charge in [-0.05, 0) is 6.42 Å². The summed E-state index contributed by atoms with van der Waals surface area (Å²) in [4.78, 5) is 15.9. The predicted octanol–water partition coefficient (Wildman–Crippen LogP) is 0.154. The number of terminal acetylenes is 1. The summed E-state index contributed by atoms with van der Waals surface area (Å²) in [5.74, 6) is 2.76. The maximum atomic E-state index is 11.7. The van der Waals surface area contributed by atoms with E-state index in [1.54, 1.807) is 0 Å². The van der Waals surface area contributed by atoms with Gasteiger partial charge in [0.15, 0.2) is 0 Å². The Morgan fingerprint density at radius 3 is 2.82 bits per heavy atom. The lowest BCUT2D eigenvalue weighted by Gasteiger charge is -2.29. The summed E-state index contributed by atoms with van der Waals surface area (Å²) in [5.41, 5.74) is 0. The van der Waals surface area contributed by atoms with E-state index in [2.05, 4.69) is 16.1 Å². The second-order valence-corrected chi connectivity index (χ2v) is 4.46. The van der Waals surface area contributed by atoms with Crippen LogP contribution in [0.3, 0.4) is 0 Å². The van der Waals surface area contributed by atoms with Gasteiger partial charge in [0.1, 0.15) is 0 Å². The molecule has 1 aliphatic rings. The van der Waals surface area contributed by atoms with Crippen LogP contribution in [0.2, 0.25) is 0 Å². The Labute approximate surface area is 104 Å². The third-order valence-corrected chi connectivity index (χ3v) is 3.10. The summed E-state index contributed by atoms with van der Waals surface area (Å²) in [7, 11) is 1.88. The molecule has 0 aromatic heterocycles. The number of hydrogen-bond donors (Lipinski definition) is 1. The minimum Gasteiger partial charge on any atom is -0.344 e. The number of nitrogens with one attached hydrogen (secondary N) is 1. The summed E-state index contributed by atoms with van der Waals surface area (Å²) < 4.78 is 0. The summed E-state index contributed by atoms with van der Waals surface area (Å²) in [6.07, 6.45) is 7.22. The number of unbranched alkanes of at least 4 members (excludes halogenated alkanes) is 1. The van der Waals surface area contributed by atoms with Gasteiger partial charge < -0.3 is 10.2 Å². The van der Waals surface area contributed by atoms with Gasteiger partial charge >= 0.3 is 0 Å². The van der Waals surface area contributed by atoms with E-state index < -0.39 is 0 Å².